The molecule has 0 saturated carbocycles. The monoisotopic (exact) mass is 284 g/mol. The van der Waals surface area contributed by atoms with Crippen LogP contribution in [0.25, 0.3) is 0 Å². The highest BCUT2D eigenvalue weighted by molar-refractivity contribution is 6.32. The van der Waals surface area contributed by atoms with Crippen molar-refractivity contribution in [2.45, 2.75) is 32.7 Å². The molecular formula is C14H21ClN2O2. The van der Waals surface area contributed by atoms with Crippen LogP contribution in [0, 0.1) is 0 Å². The molecule has 3 N–H and O–H groups in total. The van der Waals surface area contributed by atoms with Gasteiger partial charge in [-0.15, -0.1) is 0 Å². The zero-order chi connectivity index (χ0) is 14.3. The number of nitrogens with one attached hydrogen (secondary N) is 1. The number of hydrogen-bond acceptors (Lipinski definition) is 3. The summed E-state index contributed by atoms with van der Waals surface area (Å²) in [5, 5.41) is 3.27. The molecule has 1 unspecified atom stereocenters. The van der Waals surface area contributed by atoms with E-state index in [1.165, 1.54) is 0 Å². The van der Waals surface area contributed by atoms with Gasteiger partial charge in [-0.3, -0.25) is 4.79 Å². The first-order valence-electron chi connectivity index (χ1n) is 6.47. The summed E-state index contributed by atoms with van der Waals surface area (Å²) in [6.45, 7) is 4.75. The second-order valence-corrected chi connectivity index (χ2v) is 4.87. The molecule has 4 nitrogen and oxygen atoms in total. The summed E-state index contributed by atoms with van der Waals surface area (Å²) in [6.07, 6.45) is 1.01. The van der Waals surface area contributed by atoms with Gasteiger partial charge in [0.05, 0.1) is 18.1 Å². The minimum atomic E-state index is -0.0247. The van der Waals surface area contributed by atoms with Crippen LogP contribution in [-0.2, 0) is 11.2 Å². The number of carbonyl (C=O) groups is 1. The molecule has 0 saturated heterocycles. The lowest BCUT2D eigenvalue weighted by Gasteiger charge is -2.14. The van der Waals surface area contributed by atoms with Crippen molar-refractivity contribution in [3.8, 4) is 5.75 Å². The van der Waals surface area contributed by atoms with E-state index in [0.717, 1.165) is 5.56 Å². The summed E-state index contributed by atoms with van der Waals surface area (Å²) in [6, 6.07) is 5.62. The van der Waals surface area contributed by atoms with E-state index in [2.05, 4.69) is 5.32 Å². The van der Waals surface area contributed by atoms with Crippen molar-refractivity contribution in [1.82, 2.24) is 5.32 Å². The molecule has 19 heavy (non-hydrogen) atoms. The highest BCUT2D eigenvalue weighted by Gasteiger charge is 2.10. The van der Waals surface area contributed by atoms with Crippen LogP contribution in [0.3, 0.4) is 0 Å². The Hall–Kier alpha value is -1.26. The Morgan fingerprint density at radius 2 is 2.26 bits per heavy atom. The van der Waals surface area contributed by atoms with Gasteiger partial charge in [0.15, 0.2) is 0 Å². The van der Waals surface area contributed by atoms with Crippen molar-refractivity contribution in [3.63, 3.8) is 0 Å². The number of amides is 1. The first-order chi connectivity index (χ1) is 9.04. The fourth-order valence-electron chi connectivity index (χ4n) is 1.75. The summed E-state index contributed by atoms with van der Waals surface area (Å²) in [7, 11) is 0. The Labute approximate surface area is 119 Å². The molecule has 0 aliphatic rings. The third-order valence-electron chi connectivity index (χ3n) is 2.54. The molecule has 1 rings (SSSR count). The zero-order valence-corrected chi connectivity index (χ0v) is 12.2. The third-order valence-corrected chi connectivity index (χ3v) is 2.84. The minimum Gasteiger partial charge on any atom is -0.491 e. The van der Waals surface area contributed by atoms with E-state index < -0.39 is 0 Å². The van der Waals surface area contributed by atoms with Crippen LogP contribution in [0.2, 0.25) is 5.02 Å². The van der Waals surface area contributed by atoms with Gasteiger partial charge in [-0.25, -0.2) is 0 Å². The molecule has 0 aliphatic carbocycles. The fraction of sp³-hybridized carbons (Fsp3) is 0.500. The summed E-state index contributed by atoms with van der Waals surface area (Å²) in [5.74, 6) is 0.606. The van der Waals surface area contributed by atoms with Gasteiger partial charge >= 0.3 is 0 Å². The van der Waals surface area contributed by atoms with Crippen molar-refractivity contribution < 1.29 is 9.53 Å². The maximum absolute atomic E-state index is 11.3. The molecule has 0 heterocycles. The number of hydrogen-bond donors (Lipinski definition) is 2. The van der Waals surface area contributed by atoms with Crippen LogP contribution in [0.1, 0.15) is 25.8 Å². The van der Waals surface area contributed by atoms with E-state index in [-0.39, 0.29) is 11.9 Å². The second kappa shape index (κ2) is 8.02. The summed E-state index contributed by atoms with van der Waals surface area (Å²) >= 11 is 6.12. The Bertz CT molecular complexity index is 422. The average Bonchev–Trinajstić information content (AvgIpc) is 2.32. The van der Waals surface area contributed by atoms with E-state index in [4.69, 9.17) is 22.1 Å². The Morgan fingerprint density at radius 1 is 1.53 bits per heavy atom. The summed E-state index contributed by atoms with van der Waals surface area (Å²) in [4.78, 5) is 11.3. The molecule has 1 aromatic rings. The van der Waals surface area contributed by atoms with Gasteiger partial charge in [0.1, 0.15) is 5.75 Å². The minimum absolute atomic E-state index is 0.0247. The molecule has 1 atom stereocenters. The van der Waals surface area contributed by atoms with Crippen molar-refractivity contribution in [3.05, 3.63) is 28.8 Å². The van der Waals surface area contributed by atoms with Crippen molar-refractivity contribution in [2.75, 3.05) is 13.2 Å². The zero-order valence-electron chi connectivity index (χ0n) is 11.4. The number of ether oxygens (including phenoxy) is 1. The molecular weight excluding hydrogens is 264 g/mol. The highest BCUT2D eigenvalue weighted by Crippen LogP contribution is 2.29. The number of carbonyl (C=O) groups excluding carboxylic acids is 1. The molecule has 0 radical (unpaired) electrons. The number of para-hydroxylation sites is 1. The maximum Gasteiger partial charge on any atom is 0.223 e. The predicted molar refractivity (Wildman–Crippen MR) is 77.6 cm³/mol. The largest absolute Gasteiger partial charge is 0.491 e. The maximum atomic E-state index is 11.3. The average molecular weight is 285 g/mol. The summed E-state index contributed by atoms with van der Waals surface area (Å²) < 4.78 is 5.64. The Balaban J connectivity index is 2.63. The van der Waals surface area contributed by atoms with Crippen LogP contribution >= 0.6 is 11.6 Å². The van der Waals surface area contributed by atoms with Crippen LogP contribution in [0.5, 0.6) is 5.75 Å². The normalized spacial score (nSPS) is 12.0. The van der Waals surface area contributed by atoms with Gasteiger partial charge in [-0.1, -0.05) is 23.7 Å². The van der Waals surface area contributed by atoms with Crippen LogP contribution in [0.15, 0.2) is 18.2 Å². The Kier molecular flexibility index (Phi) is 6.67. The van der Waals surface area contributed by atoms with E-state index in [1.807, 2.05) is 26.0 Å². The number of halogens is 1. The van der Waals surface area contributed by atoms with Gasteiger partial charge in [-0.2, -0.15) is 0 Å². The molecule has 0 aliphatic heterocycles. The van der Waals surface area contributed by atoms with E-state index in [9.17, 15) is 4.79 Å². The quantitative estimate of drug-likeness (QED) is 0.806. The van der Waals surface area contributed by atoms with Crippen molar-refractivity contribution in [1.29, 1.82) is 0 Å². The van der Waals surface area contributed by atoms with Gasteiger partial charge in [0.25, 0.3) is 0 Å². The van der Waals surface area contributed by atoms with E-state index >= 15 is 0 Å². The van der Waals surface area contributed by atoms with Crippen LogP contribution in [-0.4, -0.2) is 25.1 Å². The highest BCUT2D eigenvalue weighted by atomic mass is 35.5. The van der Waals surface area contributed by atoms with Gasteiger partial charge < -0.3 is 15.8 Å². The molecule has 0 spiro atoms. The van der Waals surface area contributed by atoms with Gasteiger partial charge in [-0.05, 0) is 31.9 Å². The smallest absolute Gasteiger partial charge is 0.223 e. The molecule has 106 valence electrons. The molecule has 5 heteroatoms. The molecule has 0 bridgehead atoms. The first-order valence-corrected chi connectivity index (χ1v) is 6.84. The molecule has 0 aromatic heterocycles. The van der Waals surface area contributed by atoms with Gasteiger partial charge in [0.2, 0.25) is 5.91 Å². The lowest BCUT2D eigenvalue weighted by Crippen LogP contribution is -2.24. The lowest BCUT2D eigenvalue weighted by atomic mass is 10.1. The lowest BCUT2D eigenvalue weighted by molar-refractivity contribution is -0.121. The first kappa shape index (κ1) is 15.8. The Morgan fingerprint density at radius 3 is 2.89 bits per heavy atom. The number of nitrogens with two attached hydrogens (primary N) is 1. The van der Waals surface area contributed by atoms with Crippen LogP contribution < -0.4 is 15.8 Å². The summed E-state index contributed by atoms with van der Waals surface area (Å²) in [5.41, 5.74) is 6.77. The molecule has 0 fully saturated rings. The predicted octanol–water partition coefficient (Wildman–Crippen LogP) is 2.13. The van der Waals surface area contributed by atoms with Crippen LogP contribution in [0.4, 0.5) is 0 Å². The fourth-order valence-corrected chi connectivity index (χ4v) is 2.00. The van der Waals surface area contributed by atoms with E-state index in [1.54, 1.807) is 6.07 Å². The second-order valence-electron chi connectivity index (χ2n) is 4.46. The standard InChI is InChI=1S/C14H21ClN2O2/c1-3-17-13(18)7-8-19-14-11(9-10(2)16)5-4-6-12(14)15/h4-6,10H,3,7-9,16H2,1-2H3,(H,17,18). The number of rotatable bonds is 7. The SMILES string of the molecule is CCNC(=O)CCOc1c(Cl)cccc1CC(C)N. The topological polar surface area (TPSA) is 64.3 Å². The molecule has 1 amide bonds. The third kappa shape index (κ3) is 5.49. The number of benzene rings is 1. The van der Waals surface area contributed by atoms with Crippen molar-refractivity contribution in [2.24, 2.45) is 5.73 Å². The van der Waals surface area contributed by atoms with E-state index in [0.29, 0.717) is 36.8 Å². The van der Waals surface area contributed by atoms with Crippen molar-refractivity contribution >= 4 is 17.5 Å². The molecule has 1 aromatic carbocycles. The van der Waals surface area contributed by atoms with Gasteiger partial charge in [0, 0.05) is 12.6 Å².